The second kappa shape index (κ2) is 13.6. The molecule has 1 atom stereocenters. The van der Waals surface area contributed by atoms with Crippen LogP contribution in [0.3, 0.4) is 0 Å². The molecule has 0 spiro atoms. The van der Waals surface area contributed by atoms with E-state index < -0.39 is 0 Å². The second-order valence-electron chi connectivity index (χ2n) is 10.9. The minimum atomic E-state index is -0.356. The van der Waals surface area contributed by atoms with E-state index in [4.69, 9.17) is 35.8 Å². The topological polar surface area (TPSA) is 78.7 Å². The largest absolute Gasteiger partial charge is 0.474 e. The number of rotatable bonds is 11. The van der Waals surface area contributed by atoms with Gasteiger partial charge in [0, 0.05) is 42.3 Å². The third-order valence-corrected chi connectivity index (χ3v) is 9.17. The van der Waals surface area contributed by atoms with Gasteiger partial charge in [0.1, 0.15) is 17.7 Å². The Kier molecular flexibility index (Phi) is 9.47. The van der Waals surface area contributed by atoms with Crippen LogP contribution in [-0.2, 0) is 34.1 Å². The van der Waals surface area contributed by atoms with Crippen LogP contribution in [0.25, 0.3) is 11.0 Å². The smallest absolute Gasteiger partial charge is 0.337 e. The fourth-order valence-electron chi connectivity index (χ4n) is 5.44. The summed E-state index contributed by atoms with van der Waals surface area (Å²) in [7, 11) is 1.39. The first-order chi connectivity index (χ1) is 20.9. The molecule has 6 rings (SSSR count). The van der Waals surface area contributed by atoms with E-state index >= 15 is 0 Å². The maximum Gasteiger partial charge on any atom is 0.337 e. The van der Waals surface area contributed by atoms with Gasteiger partial charge in [0.05, 0.1) is 48.6 Å². The number of carbonyl (C=O) groups is 1. The first-order valence-corrected chi connectivity index (χ1v) is 16.0. The Hall–Kier alpha value is -3.18. The number of thioether (sulfide) groups is 1. The summed E-state index contributed by atoms with van der Waals surface area (Å²) < 4.78 is 33.2. The molecule has 0 amide bonds. The molecule has 2 aliphatic rings. The maximum absolute atomic E-state index is 14.1. The normalized spacial score (nSPS) is 17.6. The highest BCUT2D eigenvalue weighted by molar-refractivity contribution is 7.97. The van der Waals surface area contributed by atoms with E-state index in [2.05, 4.69) is 9.47 Å². The van der Waals surface area contributed by atoms with Gasteiger partial charge in [0.15, 0.2) is 0 Å². The fourth-order valence-corrected chi connectivity index (χ4v) is 6.52. The molecular weight excluding hydrogens is 591 g/mol. The third kappa shape index (κ3) is 7.32. The molecule has 4 aromatic rings. The summed E-state index contributed by atoms with van der Waals surface area (Å²) >= 11 is 7.46. The molecule has 2 aliphatic heterocycles. The highest BCUT2D eigenvalue weighted by Gasteiger charge is 2.26. The first-order valence-electron chi connectivity index (χ1n) is 14.5. The van der Waals surface area contributed by atoms with Gasteiger partial charge in [-0.2, -0.15) is 11.8 Å². The van der Waals surface area contributed by atoms with E-state index in [-0.39, 0.29) is 24.0 Å². The lowest BCUT2D eigenvalue weighted by atomic mass is 10.1. The van der Waals surface area contributed by atoms with Crippen LogP contribution in [0.2, 0.25) is 5.02 Å². The molecular formula is C32H34ClFN4O4S. The third-order valence-electron chi connectivity index (χ3n) is 7.92. The predicted molar refractivity (Wildman–Crippen MR) is 165 cm³/mol. The summed E-state index contributed by atoms with van der Waals surface area (Å²) in [6.07, 6.45) is 3.04. The van der Waals surface area contributed by atoms with Crippen LogP contribution < -0.4 is 4.74 Å². The Morgan fingerprint density at radius 3 is 2.67 bits per heavy atom. The van der Waals surface area contributed by atoms with Crippen molar-refractivity contribution in [1.29, 1.82) is 0 Å². The number of carbonyl (C=O) groups excluding carboxylic acids is 1. The van der Waals surface area contributed by atoms with E-state index in [1.54, 1.807) is 30.0 Å². The lowest BCUT2D eigenvalue weighted by Crippen LogP contribution is -2.39. The molecule has 0 aliphatic carbocycles. The van der Waals surface area contributed by atoms with Crippen LogP contribution in [0, 0.1) is 5.82 Å². The number of hydrogen-bond donors (Lipinski definition) is 0. The first kappa shape index (κ1) is 29.9. The number of imidazole rings is 1. The number of benzene rings is 2. The van der Waals surface area contributed by atoms with Gasteiger partial charge >= 0.3 is 5.97 Å². The maximum atomic E-state index is 14.1. The molecule has 2 aromatic carbocycles. The minimum absolute atomic E-state index is 0.0830. The summed E-state index contributed by atoms with van der Waals surface area (Å²) in [6, 6.07) is 16.1. The molecule has 2 fully saturated rings. The monoisotopic (exact) mass is 624 g/mol. The summed E-state index contributed by atoms with van der Waals surface area (Å²) in [5, 5.41) is 0.401. The van der Waals surface area contributed by atoms with Gasteiger partial charge in [-0.15, -0.1) is 0 Å². The van der Waals surface area contributed by atoms with E-state index in [1.165, 1.54) is 13.2 Å². The molecule has 4 heterocycles. The number of aromatic nitrogens is 3. The number of nitrogens with zero attached hydrogens (tertiary/aromatic N) is 4. The number of fused-ring (bicyclic) bond motifs is 1. The lowest BCUT2D eigenvalue weighted by molar-refractivity contribution is -0.0592. The van der Waals surface area contributed by atoms with E-state index in [1.807, 2.05) is 30.3 Å². The van der Waals surface area contributed by atoms with Gasteiger partial charge in [-0.3, -0.25) is 4.90 Å². The standard InChI is InChI=1S/C32H34ClFN4O4S/c1-40-32(39)21-6-8-28-29(15-21)38(17-26-11-14-41-26)30(36-28)18-37-12-9-25(10-13-37)42-31-4-2-3-24(35-31)20-43-19-22-5-7-23(33)16-27(22)34/h2-8,15-16,25-26H,9-14,17-20H2,1H3/t26-/m0/s1. The summed E-state index contributed by atoms with van der Waals surface area (Å²) in [5.41, 5.74) is 3.84. The van der Waals surface area contributed by atoms with Crippen molar-refractivity contribution in [1.82, 2.24) is 19.4 Å². The molecule has 43 heavy (non-hydrogen) atoms. The molecule has 8 nitrogen and oxygen atoms in total. The van der Waals surface area contributed by atoms with Crippen molar-refractivity contribution in [2.75, 3.05) is 26.8 Å². The summed E-state index contributed by atoms with van der Waals surface area (Å²) in [6.45, 7) is 3.96. The number of hydrogen-bond acceptors (Lipinski definition) is 8. The van der Waals surface area contributed by atoms with E-state index in [9.17, 15) is 9.18 Å². The summed E-state index contributed by atoms with van der Waals surface area (Å²) in [5.74, 6) is 2.16. The van der Waals surface area contributed by atoms with Gasteiger partial charge in [0.2, 0.25) is 5.88 Å². The fraction of sp³-hybridized carbons (Fsp3) is 0.406. The lowest BCUT2D eigenvalue weighted by Gasteiger charge is -2.32. The van der Waals surface area contributed by atoms with Crippen molar-refractivity contribution in [3.05, 3.63) is 88.1 Å². The quantitative estimate of drug-likeness (QED) is 0.181. The molecule has 2 aromatic heterocycles. The van der Waals surface area contributed by atoms with Gasteiger partial charge in [-0.1, -0.05) is 23.7 Å². The molecule has 0 saturated carbocycles. The van der Waals surface area contributed by atoms with Crippen molar-refractivity contribution < 1.29 is 23.4 Å². The number of halogens is 2. The van der Waals surface area contributed by atoms with Crippen molar-refractivity contribution in [2.24, 2.45) is 0 Å². The van der Waals surface area contributed by atoms with Crippen molar-refractivity contribution in [3.63, 3.8) is 0 Å². The summed E-state index contributed by atoms with van der Waals surface area (Å²) in [4.78, 5) is 24.2. The number of methoxy groups -OCH3 is 1. The minimum Gasteiger partial charge on any atom is -0.474 e. The molecule has 2 saturated heterocycles. The van der Waals surface area contributed by atoms with Crippen molar-refractivity contribution in [3.8, 4) is 5.88 Å². The number of likely N-dealkylation sites (tertiary alicyclic amines) is 1. The highest BCUT2D eigenvalue weighted by Crippen LogP contribution is 2.26. The van der Waals surface area contributed by atoms with Crippen LogP contribution >= 0.6 is 23.4 Å². The zero-order valence-corrected chi connectivity index (χ0v) is 25.6. The average Bonchev–Trinajstić information content (AvgIpc) is 3.32. The Balaban J connectivity index is 1.04. The number of piperidine rings is 1. The van der Waals surface area contributed by atoms with Gasteiger partial charge in [-0.05, 0) is 61.2 Å². The molecule has 0 N–H and O–H groups in total. The Labute approximate surface area is 259 Å². The zero-order chi connectivity index (χ0) is 29.8. The van der Waals surface area contributed by atoms with Crippen molar-refractivity contribution >= 4 is 40.4 Å². The van der Waals surface area contributed by atoms with Crippen LogP contribution in [-0.4, -0.2) is 64.4 Å². The molecule has 11 heteroatoms. The Morgan fingerprint density at radius 2 is 1.93 bits per heavy atom. The van der Waals surface area contributed by atoms with Gasteiger partial charge in [-0.25, -0.2) is 19.2 Å². The molecule has 0 radical (unpaired) electrons. The van der Waals surface area contributed by atoms with Crippen LogP contribution in [0.4, 0.5) is 4.39 Å². The van der Waals surface area contributed by atoms with Crippen LogP contribution in [0.1, 0.15) is 46.7 Å². The zero-order valence-electron chi connectivity index (χ0n) is 24.0. The molecule has 226 valence electrons. The highest BCUT2D eigenvalue weighted by atomic mass is 35.5. The van der Waals surface area contributed by atoms with Crippen LogP contribution in [0.15, 0.2) is 54.6 Å². The number of ether oxygens (including phenoxy) is 3. The average molecular weight is 625 g/mol. The van der Waals surface area contributed by atoms with Crippen molar-refractivity contribution in [2.45, 2.75) is 56.1 Å². The van der Waals surface area contributed by atoms with E-state index in [0.717, 1.165) is 61.5 Å². The van der Waals surface area contributed by atoms with Gasteiger partial charge < -0.3 is 18.8 Å². The second-order valence-corrected chi connectivity index (χ2v) is 12.3. The van der Waals surface area contributed by atoms with Crippen LogP contribution in [0.5, 0.6) is 5.88 Å². The predicted octanol–water partition coefficient (Wildman–Crippen LogP) is 6.28. The number of esters is 1. The number of pyridine rings is 1. The molecule has 0 unspecified atom stereocenters. The Morgan fingerprint density at radius 1 is 1.09 bits per heavy atom. The molecule has 0 bridgehead atoms. The SMILES string of the molecule is COC(=O)c1ccc2nc(CN3CCC(Oc4cccc(CSCc5ccc(Cl)cc5F)n4)CC3)n(C[C@@H]3CCO3)c2c1. The Bertz CT molecular complexity index is 1590. The van der Waals surface area contributed by atoms with Gasteiger partial charge in [0.25, 0.3) is 0 Å². The van der Waals surface area contributed by atoms with E-state index in [0.29, 0.717) is 46.6 Å².